The summed E-state index contributed by atoms with van der Waals surface area (Å²) in [6.45, 7) is 11.2. The smallest absolute Gasteiger partial charge is 0.416 e. The van der Waals surface area contributed by atoms with Gasteiger partial charge in [0.1, 0.15) is 6.61 Å². The SMILES string of the molecule is CC.CC1CCCC1.Cc1ccccc1.O=C(CCC(=O)N1CCOC1=O)N1CCOCC1. The zero-order valence-electron chi connectivity index (χ0n) is 20.9. The van der Waals surface area contributed by atoms with Crippen molar-refractivity contribution in [2.75, 3.05) is 39.5 Å². The van der Waals surface area contributed by atoms with E-state index >= 15 is 0 Å². The normalized spacial score (nSPS) is 17.5. The van der Waals surface area contributed by atoms with Gasteiger partial charge in [-0.15, -0.1) is 0 Å². The van der Waals surface area contributed by atoms with Crippen molar-refractivity contribution < 1.29 is 23.9 Å². The second kappa shape index (κ2) is 17.1. The number of hydrogen-bond acceptors (Lipinski definition) is 5. The first-order valence-corrected chi connectivity index (χ1v) is 12.3. The van der Waals surface area contributed by atoms with Gasteiger partial charge in [-0.2, -0.15) is 0 Å². The van der Waals surface area contributed by atoms with Crippen molar-refractivity contribution in [3.05, 3.63) is 35.9 Å². The number of benzene rings is 1. The first-order valence-electron chi connectivity index (χ1n) is 12.3. The molecular weight excluding hydrogens is 420 g/mol. The highest BCUT2D eigenvalue weighted by Crippen LogP contribution is 2.23. The molecule has 7 nitrogen and oxygen atoms in total. The molecule has 7 heteroatoms. The molecule has 3 aliphatic rings. The van der Waals surface area contributed by atoms with Crippen molar-refractivity contribution >= 4 is 17.9 Å². The van der Waals surface area contributed by atoms with Crippen LogP contribution < -0.4 is 0 Å². The van der Waals surface area contributed by atoms with E-state index in [1.165, 1.54) is 31.2 Å². The van der Waals surface area contributed by atoms with Gasteiger partial charge in [-0.1, -0.05) is 82.3 Å². The molecule has 0 atom stereocenters. The molecule has 186 valence electrons. The first kappa shape index (κ1) is 28.6. The van der Waals surface area contributed by atoms with Gasteiger partial charge in [0.15, 0.2) is 0 Å². The van der Waals surface area contributed by atoms with Crippen LogP contribution in [0, 0.1) is 12.8 Å². The molecule has 1 aliphatic carbocycles. The van der Waals surface area contributed by atoms with E-state index in [0.29, 0.717) is 26.3 Å². The van der Waals surface area contributed by atoms with Crippen LogP contribution in [0.25, 0.3) is 0 Å². The molecule has 0 spiro atoms. The van der Waals surface area contributed by atoms with Crippen LogP contribution >= 0.6 is 0 Å². The van der Waals surface area contributed by atoms with Crippen LogP contribution in [0.1, 0.15) is 64.9 Å². The Kier molecular flexibility index (Phi) is 14.8. The number of hydrogen-bond donors (Lipinski definition) is 0. The van der Waals surface area contributed by atoms with Gasteiger partial charge in [0.25, 0.3) is 0 Å². The highest BCUT2D eigenvalue weighted by molar-refractivity contribution is 5.94. The second-order valence-electron chi connectivity index (χ2n) is 8.20. The summed E-state index contributed by atoms with van der Waals surface area (Å²) in [5, 5.41) is 0. The molecule has 33 heavy (non-hydrogen) atoms. The molecule has 3 fully saturated rings. The lowest BCUT2D eigenvalue weighted by Crippen LogP contribution is -2.41. The van der Waals surface area contributed by atoms with Gasteiger partial charge in [-0.25, -0.2) is 9.69 Å². The Labute approximate surface area is 199 Å². The van der Waals surface area contributed by atoms with Crippen LogP contribution in [-0.4, -0.2) is 67.2 Å². The summed E-state index contributed by atoms with van der Waals surface area (Å²) >= 11 is 0. The van der Waals surface area contributed by atoms with Crippen LogP contribution in [0.5, 0.6) is 0 Å². The second-order valence-corrected chi connectivity index (χ2v) is 8.20. The summed E-state index contributed by atoms with van der Waals surface area (Å²) < 4.78 is 9.80. The van der Waals surface area contributed by atoms with E-state index in [0.717, 1.165) is 10.8 Å². The molecule has 0 bridgehead atoms. The Morgan fingerprint density at radius 1 is 0.909 bits per heavy atom. The lowest BCUT2D eigenvalue weighted by molar-refractivity contribution is -0.138. The minimum atomic E-state index is -0.612. The van der Waals surface area contributed by atoms with Gasteiger partial charge < -0.3 is 14.4 Å². The maximum absolute atomic E-state index is 11.8. The van der Waals surface area contributed by atoms with E-state index in [-0.39, 0.29) is 37.8 Å². The summed E-state index contributed by atoms with van der Waals surface area (Å²) in [7, 11) is 0. The van der Waals surface area contributed by atoms with Gasteiger partial charge in [0.05, 0.1) is 19.8 Å². The topological polar surface area (TPSA) is 76.2 Å². The zero-order valence-corrected chi connectivity index (χ0v) is 20.9. The average molecular weight is 463 g/mol. The number of ether oxygens (including phenoxy) is 2. The van der Waals surface area contributed by atoms with Crippen molar-refractivity contribution in [3.63, 3.8) is 0 Å². The third kappa shape index (κ3) is 11.9. The molecule has 2 aliphatic heterocycles. The van der Waals surface area contributed by atoms with Crippen LogP contribution in [0.15, 0.2) is 30.3 Å². The van der Waals surface area contributed by atoms with Gasteiger partial charge in [0.2, 0.25) is 11.8 Å². The largest absolute Gasteiger partial charge is 0.447 e. The lowest BCUT2D eigenvalue weighted by atomic mass is 10.2. The summed E-state index contributed by atoms with van der Waals surface area (Å²) in [5.41, 5.74) is 1.32. The highest BCUT2D eigenvalue weighted by Gasteiger charge is 2.28. The maximum Gasteiger partial charge on any atom is 0.416 e. The Hall–Kier alpha value is -2.41. The third-order valence-electron chi connectivity index (χ3n) is 5.56. The standard InChI is InChI=1S/C11H16N2O5.C7H8.C6H12.C2H6/c14-9(12-3-6-17-7-4-12)1-2-10(15)13-5-8-18-11(13)16;1-7-5-3-2-4-6-7;1-6-4-2-3-5-6;1-2/h1-8H2;2-6H,1H3;6H,2-5H2,1H3;1-2H3. The molecule has 1 saturated carbocycles. The molecule has 2 heterocycles. The number of carbonyl (C=O) groups excluding carboxylic acids is 3. The lowest BCUT2D eigenvalue weighted by Gasteiger charge is -2.26. The number of imide groups is 1. The molecule has 0 N–H and O–H groups in total. The van der Waals surface area contributed by atoms with E-state index in [4.69, 9.17) is 4.74 Å². The Morgan fingerprint density at radius 3 is 1.91 bits per heavy atom. The van der Waals surface area contributed by atoms with Crippen molar-refractivity contribution in [1.82, 2.24) is 9.80 Å². The van der Waals surface area contributed by atoms with E-state index in [9.17, 15) is 14.4 Å². The van der Waals surface area contributed by atoms with Gasteiger partial charge >= 0.3 is 6.09 Å². The Bertz CT molecular complexity index is 683. The van der Waals surface area contributed by atoms with E-state index < -0.39 is 6.09 Å². The monoisotopic (exact) mass is 462 g/mol. The quantitative estimate of drug-likeness (QED) is 0.644. The number of amides is 3. The number of rotatable bonds is 3. The summed E-state index contributed by atoms with van der Waals surface area (Å²) in [5.74, 6) is 0.628. The van der Waals surface area contributed by atoms with Crippen molar-refractivity contribution in [1.29, 1.82) is 0 Å². The summed E-state index contributed by atoms with van der Waals surface area (Å²) in [6.07, 6.45) is 5.51. The summed E-state index contributed by atoms with van der Waals surface area (Å²) in [4.78, 5) is 37.3. The minimum Gasteiger partial charge on any atom is -0.447 e. The van der Waals surface area contributed by atoms with Crippen LogP contribution in [0.3, 0.4) is 0 Å². The van der Waals surface area contributed by atoms with E-state index in [2.05, 4.69) is 30.7 Å². The van der Waals surface area contributed by atoms with Gasteiger partial charge in [-0.3, -0.25) is 9.59 Å². The predicted octanol–water partition coefficient (Wildman–Crippen LogP) is 4.82. The molecule has 0 unspecified atom stereocenters. The number of nitrogens with zero attached hydrogens (tertiary/aromatic N) is 2. The van der Waals surface area contributed by atoms with Gasteiger partial charge in [-0.05, 0) is 12.8 Å². The van der Waals surface area contributed by atoms with E-state index in [1.807, 2.05) is 32.0 Å². The van der Waals surface area contributed by atoms with Crippen molar-refractivity contribution in [3.8, 4) is 0 Å². The first-order chi connectivity index (χ1) is 16.0. The molecule has 0 radical (unpaired) electrons. The van der Waals surface area contributed by atoms with Gasteiger partial charge in [0, 0.05) is 25.9 Å². The number of cyclic esters (lactones) is 1. The Balaban J connectivity index is 0.000000295. The van der Waals surface area contributed by atoms with Crippen LogP contribution in [0.4, 0.5) is 4.79 Å². The fourth-order valence-corrected chi connectivity index (χ4v) is 3.60. The Morgan fingerprint density at radius 2 is 1.48 bits per heavy atom. The number of aryl methyl sites for hydroxylation is 1. The minimum absolute atomic E-state index is 0.0469. The van der Waals surface area contributed by atoms with E-state index in [1.54, 1.807) is 4.90 Å². The van der Waals surface area contributed by atoms with Crippen LogP contribution in [-0.2, 0) is 19.1 Å². The molecule has 1 aromatic rings. The molecular formula is C26H42N2O5. The fraction of sp³-hybridized carbons (Fsp3) is 0.654. The maximum atomic E-state index is 11.8. The van der Waals surface area contributed by atoms with Crippen LogP contribution in [0.2, 0.25) is 0 Å². The summed E-state index contributed by atoms with van der Waals surface area (Å²) in [6, 6.07) is 10.3. The fourth-order valence-electron chi connectivity index (χ4n) is 3.60. The molecule has 3 amide bonds. The molecule has 1 aromatic carbocycles. The molecule has 2 saturated heterocycles. The molecule has 0 aromatic heterocycles. The number of morpholine rings is 1. The predicted molar refractivity (Wildman–Crippen MR) is 130 cm³/mol. The molecule has 4 rings (SSSR count). The van der Waals surface area contributed by atoms with Crippen molar-refractivity contribution in [2.45, 2.75) is 66.2 Å². The highest BCUT2D eigenvalue weighted by atomic mass is 16.6. The van der Waals surface area contributed by atoms with Crippen molar-refractivity contribution in [2.24, 2.45) is 5.92 Å². The third-order valence-corrected chi connectivity index (χ3v) is 5.56. The average Bonchev–Trinajstić information content (AvgIpc) is 3.51. The zero-order chi connectivity index (χ0) is 24.5. The number of carbonyl (C=O) groups is 3.